The minimum atomic E-state index is -0.193. The summed E-state index contributed by atoms with van der Waals surface area (Å²) in [5.41, 5.74) is 2.91. The predicted molar refractivity (Wildman–Crippen MR) is 109 cm³/mol. The van der Waals surface area contributed by atoms with Crippen molar-refractivity contribution < 1.29 is 13.9 Å². The molecule has 1 aromatic heterocycles. The van der Waals surface area contributed by atoms with Gasteiger partial charge in [-0.15, -0.1) is 0 Å². The fraction of sp³-hybridized carbons (Fsp3) is 0.476. The van der Waals surface area contributed by atoms with Gasteiger partial charge in [0.05, 0.1) is 32.2 Å². The van der Waals surface area contributed by atoms with Crippen molar-refractivity contribution in [3.63, 3.8) is 0 Å². The van der Waals surface area contributed by atoms with Gasteiger partial charge in [-0.2, -0.15) is 0 Å². The molecule has 1 atom stereocenters. The topological polar surface area (TPSA) is 49.9 Å². The molecule has 1 N–H and O–H groups in total. The first-order valence-corrected chi connectivity index (χ1v) is 9.87. The van der Waals surface area contributed by atoms with Crippen molar-refractivity contribution in [3.05, 3.63) is 42.3 Å². The van der Waals surface area contributed by atoms with Crippen molar-refractivity contribution in [2.24, 2.45) is 0 Å². The molecule has 0 saturated carbocycles. The molecular weight excluding hydrogens is 359 g/mol. The van der Waals surface area contributed by atoms with Gasteiger partial charge in [0.2, 0.25) is 5.88 Å². The number of aromatic nitrogens is 1. The van der Waals surface area contributed by atoms with Crippen LogP contribution in [-0.2, 0) is 4.74 Å². The molecule has 4 rings (SSSR count). The van der Waals surface area contributed by atoms with Crippen molar-refractivity contribution in [2.75, 3.05) is 61.6 Å². The normalized spacial score (nSPS) is 20.1. The highest BCUT2D eigenvalue weighted by atomic mass is 19.1. The summed E-state index contributed by atoms with van der Waals surface area (Å²) in [6, 6.07) is 9.22. The second-order valence-electron chi connectivity index (χ2n) is 7.26. The largest absolute Gasteiger partial charge is 0.480 e. The highest BCUT2D eigenvalue weighted by Crippen LogP contribution is 2.30. The fourth-order valence-electron chi connectivity index (χ4n) is 3.95. The van der Waals surface area contributed by atoms with Crippen LogP contribution in [0.3, 0.4) is 0 Å². The number of hydrogen-bond donors (Lipinski definition) is 1. The number of nitrogens with one attached hydrogen (secondary N) is 1. The Morgan fingerprint density at radius 2 is 2.04 bits per heavy atom. The van der Waals surface area contributed by atoms with Crippen molar-refractivity contribution >= 4 is 17.1 Å². The molecule has 0 aliphatic carbocycles. The average Bonchev–Trinajstić information content (AvgIpc) is 2.74. The number of anilines is 3. The monoisotopic (exact) mass is 386 g/mol. The van der Waals surface area contributed by atoms with Crippen LogP contribution in [0.25, 0.3) is 0 Å². The zero-order valence-electron chi connectivity index (χ0n) is 16.2. The smallest absolute Gasteiger partial charge is 0.237 e. The van der Waals surface area contributed by atoms with E-state index in [1.165, 1.54) is 6.07 Å². The maximum Gasteiger partial charge on any atom is 0.237 e. The number of halogens is 1. The van der Waals surface area contributed by atoms with Crippen LogP contribution in [0.4, 0.5) is 21.5 Å². The van der Waals surface area contributed by atoms with E-state index in [1.807, 2.05) is 12.3 Å². The molecule has 2 fully saturated rings. The molecule has 150 valence electrons. The minimum absolute atomic E-state index is 0.193. The van der Waals surface area contributed by atoms with Gasteiger partial charge >= 0.3 is 0 Å². The summed E-state index contributed by atoms with van der Waals surface area (Å²) >= 11 is 0. The van der Waals surface area contributed by atoms with Gasteiger partial charge in [0, 0.05) is 37.9 Å². The lowest BCUT2D eigenvalue weighted by Gasteiger charge is -2.35. The lowest BCUT2D eigenvalue weighted by Crippen LogP contribution is -2.42. The molecule has 2 aliphatic heterocycles. The van der Waals surface area contributed by atoms with E-state index in [0.717, 1.165) is 56.1 Å². The molecule has 3 heterocycles. The molecule has 2 aromatic rings. The summed E-state index contributed by atoms with van der Waals surface area (Å²) in [6.07, 6.45) is 3.96. The number of nitrogens with zero attached hydrogens (tertiary/aromatic N) is 3. The molecule has 7 heteroatoms. The number of pyridine rings is 1. The van der Waals surface area contributed by atoms with Crippen LogP contribution in [0, 0.1) is 5.82 Å². The van der Waals surface area contributed by atoms with Crippen molar-refractivity contribution in [1.82, 2.24) is 4.98 Å². The molecule has 6 nitrogen and oxygen atoms in total. The van der Waals surface area contributed by atoms with Gasteiger partial charge in [-0.05, 0) is 37.1 Å². The van der Waals surface area contributed by atoms with Crippen LogP contribution in [0.1, 0.15) is 12.8 Å². The summed E-state index contributed by atoms with van der Waals surface area (Å²) in [7, 11) is 1.65. The Morgan fingerprint density at radius 3 is 2.82 bits per heavy atom. The molecule has 2 saturated heterocycles. The van der Waals surface area contributed by atoms with Crippen LogP contribution >= 0.6 is 0 Å². The number of morpholine rings is 1. The molecule has 0 bridgehead atoms. The molecule has 2 aliphatic rings. The lowest BCUT2D eigenvalue weighted by molar-refractivity contribution is 0.122. The molecule has 0 radical (unpaired) electrons. The second kappa shape index (κ2) is 8.65. The van der Waals surface area contributed by atoms with Gasteiger partial charge < -0.3 is 24.6 Å². The summed E-state index contributed by atoms with van der Waals surface area (Å²) < 4.78 is 24.5. The first-order valence-electron chi connectivity index (χ1n) is 9.87. The maximum absolute atomic E-state index is 13.6. The van der Waals surface area contributed by atoms with Crippen LogP contribution in [0.2, 0.25) is 0 Å². The predicted octanol–water partition coefficient (Wildman–Crippen LogP) is 3.15. The minimum Gasteiger partial charge on any atom is -0.480 e. The van der Waals surface area contributed by atoms with E-state index in [0.29, 0.717) is 19.1 Å². The Balaban J connectivity index is 1.47. The number of benzene rings is 1. The van der Waals surface area contributed by atoms with Gasteiger partial charge in [0.1, 0.15) is 11.5 Å². The van der Waals surface area contributed by atoms with E-state index in [1.54, 1.807) is 19.2 Å². The maximum atomic E-state index is 13.6. The Kier molecular flexibility index (Phi) is 5.81. The van der Waals surface area contributed by atoms with Crippen LogP contribution < -0.4 is 19.9 Å². The third kappa shape index (κ3) is 4.30. The van der Waals surface area contributed by atoms with E-state index in [2.05, 4.69) is 26.2 Å². The summed E-state index contributed by atoms with van der Waals surface area (Å²) in [5.74, 6) is 0.444. The Morgan fingerprint density at radius 1 is 1.18 bits per heavy atom. The quantitative estimate of drug-likeness (QED) is 0.852. The molecule has 1 aromatic carbocycles. The standard InChI is InChI=1S/C21H27FN4O2/c1-27-21-20(25-8-10-28-11-9-25)13-18(14-23-21)24-17-5-3-7-26(15-17)19-6-2-4-16(22)12-19/h2,4,6,12-14,17,24H,3,5,7-11,15H2,1H3/t17-/m1/s1. The van der Waals surface area contributed by atoms with E-state index >= 15 is 0 Å². The summed E-state index contributed by atoms with van der Waals surface area (Å²) in [6.45, 7) is 4.87. The van der Waals surface area contributed by atoms with E-state index < -0.39 is 0 Å². The molecule has 0 unspecified atom stereocenters. The molecular formula is C21H27FN4O2. The molecule has 28 heavy (non-hydrogen) atoms. The SMILES string of the molecule is COc1ncc(N[C@@H]2CCCN(c3cccc(F)c3)C2)cc1N1CCOCC1. The van der Waals surface area contributed by atoms with Crippen molar-refractivity contribution in [1.29, 1.82) is 0 Å². The van der Waals surface area contributed by atoms with Crippen molar-refractivity contribution in [3.8, 4) is 5.88 Å². The van der Waals surface area contributed by atoms with Crippen molar-refractivity contribution in [2.45, 2.75) is 18.9 Å². The first kappa shape index (κ1) is 18.8. The zero-order chi connectivity index (χ0) is 19.3. The van der Waals surface area contributed by atoms with Crippen LogP contribution in [-0.4, -0.2) is 57.5 Å². The van der Waals surface area contributed by atoms with Gasteiger partial charge in [-0.3, -0.25) is 0 Å². The number of rotatable bonds is 5. The molecule has 0 spiro atoms. The van der Waals surface area contributed by atoms with E-state index in [-0.39, 0.29) is 11.9 Å². The Labute approximate surface area is 165 Å². The van der Waals surface area contributed by atoms with Gasteiger partial charge in [-0.25, -0.2) is 9.37 Å². The van der Waals surface area contributed by atoms with Crippen LogP contribution in [0.15, 0.2) is 36.5 Å². The first-order chi connectivity index (χ1) is 13.7. The Bertz CT molecular complexity index is 798. The average molecular weight is 386 g/mol. The summed E-state index contributed by atoms with van der Waals surface area (Å²) in [4.78, 5) is 8.99. The Hall–Kier alpha value is -2.54. The van der Waals surface area contributed by atoms with Gasteiger partial charge in [0.25, 0.3) is 0 Å². The summed E-state index contributed by atoms with van der Waals surface area (Å²) in [5, 5.41) is 3.61. The second-order valence-corrected chi connectivity index (χ2v) is 7.26. The fourth-order valence-corrected chi connectivity index (χ4v) is 3.95. The zero-order valence-corrected chi connectivity index (χ0v) is 16.2. The number of piperidine rings is 1. The highest BCUT2D eigenvalue weighted by Gasteiger charge is 2.22. The third-order valence-electron chi connectivity index (χ3n) is 5.34. The van der Waals surface area contributed by atoms with E-state index in [9.17, 15) is 4.39 Å². The van der Waals surface area contributed by atoms with Gasteiger partial charge in [0.15, 0.2) is 0 Å². The molecule has 0 amide bonds. The van der Waals surface area contributed by atoms with Crippen LogP contribution in [0.5, 0.6) is 5.88 Å². The highest BCUT2D eigenvalue weighted by molar-refractivity contribution is 5.63. The third-order valence-corrected chi connectivity index (χ3v) is 5.34. The number of ether oxygens (including phenoxy) is 2. The van der Waals surface area contributed by atoms with E-state index in [4.69, 9.17) is 9.47 Å². The van der Waals surface area contributed by atoms with Gasteiger partial charge in [-0.1, -0.05) is 6.07 Å². The lowest BCUT2D eigenvalue weighted by atomic mass is 10.0. The number of hydrogen-bond acceptors (Lipinski definition) is 6. The number of methoxy groups -OCH3 is 1.